The van der Waals surface area contributed by atoms with Crippen LogP contribution in [0.25, 0.3) is 22.3 Å². The fourth-order valence-electron chi connectivity index (χ4n) is 5.63. The maximum Gasteiger partial charge on any atom is 0.307 e. The minimum Gasteiger partial charge on any atom is -0.466 e. The molecule has 0 bridgehead atoms. The van der Waals surface area contributed by atoms with E-state index < -0.39 is 0 Å². The number of rotatable bonds is 8. The predicted octanol–water partition coefficient (Wildman–Crippen LogP) is 6.70. The van der Waals surface area contributed by atoms with Gasteiger partial charge in [-0.15, -0.1) is 0 Å². The van der Waals surface area contributed by atoms with E-state index in [1.807, 2.05) is 69.9 Å². The van der Waals surface area contributed by atoms with E-state index in [0.717, 1.165) is 26.0 Å². The third kappa shape index (κ3) is 8.02. The van der Waals surface area contributed by atoms with Crippen molar-refractivity contribution in [2.75, 3.05) is 26.3 Å². The van der Waals surface area contributed by atoms with Crippen LogP contribution in [0.5, 0.6) is 0 Å². The highest BCUT2D eigenvalue weighted by Crippen LogP contribution is 2.35. The fourth-order valence-corrected chi connectivity index (χ4v) is 7.13. The number of ether oxygens (including phenoxy) is 2. The molecule has 0 aliphatic carbocycles. The van der Waals surface area contributed by atoms with E-state index in [4.69, 9.17) is 32.7 Å². The highest BCUT2D eigenvalue weighted by atomic mass is 127. The van der Waals surface area contributed by atoms with E-state index in [0.29, 0.717) is 47.7 Å². The van der Waals surface area contributed by atoms with Crippen molar-refractivity contribution in [1.29, 1.82) is 0 Å². The smallest absolute Gasteiger partial charge is 0.307 e. The minimum atomic E-state index is -0.266. The fraction of sp³-hybridized carbons (Fsp3) is 0.294. The molecular weight excluding hydrogens is 758 g/mol. The standard InChI is InChI=1S/C17H16ClIN2O3.C17H17ClN2O3/c1-2-24-15(22)7-12-9-20-17(23)14-8-13(16(19)21(12)14)10-4-3-5-11(18)6-10;1-2-23-16(21)8-14-9-19-17(22)15-7-12(10-20(14)15)11-4-3-5-13(18)6-11/h3-6,8,12H,2,7,9H2,1H3,(H,20,23);3-7,10,14H,2,8-9H2,1H3,(H,19,22). The van der Waals surface area contributed by atoms with Crippen molar-refractivity contribution in [1.82, 2.24) is 19.8 Å². The maximum absolute atomic E-state index is 12.2. The van der Waals surface area contributed by atoms with E-state index >= 15 is 0 Å². The van der Waals surface area contributed by atoms with Crippen LogP contribution >= 0.6 is 45.8 Å². The second-order valence-electron chi connectivity index (χ2n) is 10.9. The zero-order valence-corrected chi connectivity index (χ0v) is 29.4. The molecule has 2 aliphatic heterocycles. The summed E-state index contributed by atoms with van der Waals surface area (Å²) in [7, 11) is 0. The number of benzene rings is 2. The maximum atomic E-state index is 12.2. The molecule has 47 heavy (non-hydrogen) atoms. The number of hydrogen-bond acceptors (Lipinski definition) is 6. The van der Waals surface area contributed by atoms with Crippen LogP contribution in [-0.2, 0) is 19.1 Å². The zero-order chi connectivity index (χ0) is 33.7. The Kier molecular flexibility index (Phi) is 11.3. The number of hydrogen-bond donors (Lipinski definition) is 2. The SMILES string of the molecule is CCOC(=O)CC1CNC(=O)c2cc(-c3cccc(Cl)c3)c(I)n21.CCOC(=O)CC1CNC(=O)c2cc(-c3cccc(Cl)c3)cn21. The van der Waals surface area contributed by atoms with Gasteiger partial charge in [0.25, 0.3) is 11.8 Å². The van der Waals surface area contributed by atoms with Gasteiger partial charge in [0.1, 0.15) is 11.4 Å². The Hall–Kier alpha value is -3.81. The number of nitrogens with one attached hydrogen (secondary N) is 2. The molecule has 0 saturated carbocycles. The van der Waals surface area contributed by atoms with Crippen LogP contribution < -0.4 is 10.6 Å². The van der Waals surface area contributed by atoms with Crippen LogP contribution in [-0.4, -0.2) is 59.2 Å². The first kappa shape index (κ1) is 34.5. The summed E-state index contributed by atoms with van der Waals surface area (Å²) in [6, 6.07) is 18.3. The first-order chi connectivity index (χ1) is 22.6. The highest BCUT2D eigenvalue weighted by Gasteiger charge is 2.31. The lowest BCUT2D eigenvalue weighted by Gasteiger charge is -2.26. The molecule has 10 nitrogen and oxygen atoms in total. The second-order valence-corrected chi connectivity index (χ2v) is 12.8. The Morgan fingerprint density at radius 1 is 0.787 bits per heavy atom. The first-order valence-electron chi connectivity index (χ1n) is 15.1. The number of amides is 2. The molecular formula is C34H33Cl2IN4O6. The summed E-state index contributed by atoms with van der Waals surface area (Å²) in [4.78, 5) is 47.9. The van der Waals surface area contributed by atoms with Crippen LogP contribution in [0, 0.1) is 3.70 Å². The summed E-state index contributed by atoms with van der Waals surface area (Å²) in [5.41, 5.74) is 4.79. The lowest BCUT2D eigenvalue weighted by Crippen LogP contribution is -2.40. The summed E-state index contributed by atoms with van der Waals surface area (Å²) in [5.74, 6) is -0.810. The molecule has 2 aromatic carbocycles. The van der Waals surface area contributed by atoms with Gasteiger partial charge in [0.2, 0.25) is 0 Å². The number of halogens is 3. The number of nitrogens with zero attached hydrogens (tertiary/aromatic N) is 2. The van der Waals surface area contributed by atoms with Gasteiger partial charge in [0, 0.05) is 40.5 Å². The molecule has 246 valence electrons. The normalized spacial score (nSPS) is 16.5. The minimum absolute atomic E-state index is 0.138. The molecule has 6 rings (SSSR count). The van der Waals surface area contributed by atoms with Gasteiger partial charge in [-0.05, 0) is 84.0 Å². The Morgan fingerprint density at radius 3 is 1.96 bits per heavy atom. The molecule has 2 unspecified atom stereocenters. The molecule has 0 spiro atoms. The van der Waals surface area contributed by atoms with Crippen molar-refractivity contribution in [3.63, 3.8) is 0 Å². The van der Waals surface area contributed by atoms with Crippen LogP contribution in [0.4, 0.5) is 0 Å². The average Bonchev–Trinajstić information content (AvgIpc) is 3.64. The monoisotopic (exact) mass is 790 g/mol. The molecule has 2 aliphatic rings. The van der Waals surface area contributed by atoms with E-state index in [2.05, 4.69) is 33.2 Å². The largest absolute Gasteiger partial charge is 0.466 e. The van der Waals surface area contributed by atoms with Gasteiger partial charge in [-0.2, -0.15) is 0 Å². The predicted molar refractivity (Wildman–Crippen MR) is 188 cm³/mol. The summed E-state index contributed by atoms with van der Waals surface area (Å²) in [5, 5.41) is 6.94. The van der Waals surface area contributed by atoms with Crippen molar-refractivity contribution in [3.05, 3.63) is 92.0 Å². The summed E-state index contributed by atoms with van der Waals surface area (Å²) >= 11 is 14.3. The van der Waals surface area contributed by atoms with Gasteiger partial charge in [-0.25, -0.2) is 0 Å². The van der Waals surface area contributed by atoms with Crippen molar-refractivity contribution in [3.8, 4) is 22.3 Å². The molecule has 0 saturated heterocycles. The topological polar surface area (TPSA) is 121 Å². The summed E-state index contributed by atoms with van der Waals surface area (Å²) in [6.45, 7) is 5.08. The van der Waals surface area contributed by atoms with Gasteiger partial charge in [0.15, 0.2) is 0 Å². The van der Waals surface area contributed by atoms with Gasteiger partial charge >= 0.3 is 11.9 Å². The quantitative estimate of drug-likeness (QED) is 0.152. The molecule has 2 aromatic heterocycles. The van der Waals surface area contributed by atoms with Crippen LogP contribution in [0.1, 0.15) is 59.7 Å². The number of aromatic nitrogens is 2. The van der Waals surface area contributed by atoms with Crippen LogP contribution in [0.15, 0.2) is 66.9 Å². The Bertz CT molecular complexity index is 1820. The van der Waals surface area contributed by atoms with E-state index in [9.17, 15) is 19.2 Å². The molecule has 2 atom stereocenters. The van der Waals surface area contributed by atoms with Crippen molar-refractivity contribution < 1.29 is 28.7 Å². The third-order valence-corrected chi connectivity index (χ3v) is 9.32. The molecule has 2 amide bonds. The van der Waals surface area contributed by atoms with Gasteiger partial charge in [0.05, 0.1) is 41.8 Å². The van der Waals surface area contributed by atoms with Gasteiger partial charge in [-0.1, -0.05) is 47.5 Å². The Morgan fingerprint density at radius 2 is 1.34 bits per heavy atom. The van der Waals surface area contributed by atoms with E-state index in [-0.39, 0.29) is 48.7 Å². The number of fused-ring (bicyclic) bond motifs is 2. The Balaban J connectivity index is 0.000000185. The molecule has 2 N–H and O–H groups in total. The molecule has 13 heteroatoms. The Labute approximate surface area is 295 Å². The summed E-state index contributed by atoms with van der Waals surface area (Å²) < 4.78 is 14.7. The average molecular weight is 791 g/mol. The molecule has 0 fully saturated rings. The third-order valence-electron chi connectivity index (χ3n) is 7.75. The highest BCUT2D eigenvalue weighted by molar-refractivity contribution is 14.1. The number of carbonyl (C=O) groups excluding carboxylic acids is 4. The number of carbonyl (C=O) groups is 4. The van der Waals surface area contributed by atoms with Crippen molar-refractivity contribution in [2.45, 2.75) is 38.8 Å². The molecule has 4 aromatic rings. The van der Waals surface area contributed by atoms with Gasteiger partial charge < -0.3 is 29.2 Å². The lowest BCUT2D eigenvalue weighted by molar-refractivity contribution is -0.145. The zero-order valence-electron chi connectivity index (χ0n) is 25.7. The lowest BCUT2D eigenvalue weighted by atomic mass is 10.1. The number of esters is 2. The van der Waals surface area contributed by atoms with Crippen LogP contribution in [0.2, 0.25) is 10.0 Å². The van der Waals surface area contributed by atoms with Crippen molar-refractivity contribution >= 4 is 69.5 Å². The van der Waals surface area contributed by atoms with E-state index in [1.54, 1.807) is 19.9 Å². The van der Waals surface area contributed by atoms with Crippen LogP contribution in [0.3, 0.4) is 0 Å². The van der Waals surface area contributed by atoms with E-state index in [1.165, 1.54) is 0 Å². The molecule has 0 radical (unpaired) electrons. The summed E-state index contributed by atoms with van der Waals surface area (Å²) in [6.07, 6.45) is 2.34. The first-order valence-corrected chi connectivity index (χ1v) is 16.9. The van der Waals surface area contributed by atoms with Crippen molar-refractivity contribution in [2.24, 2.45) is 0 Å². The second kappa shape index (κ2) is 15.4. The van der Waals surface area contributed by atoms with Gasteiger partial charge in [-0.3, -0.25) is 19.2 Å². The molecule has 4 heterocycles.